The Morgan fingerprint density at radius 1 is 1.08 bits per heavy atom. The molecule has 0 bridgehead atoms. The van der Waals surface area contributed by atoms with Gasteiger partial charge in [0, 0.05) is 18.9 Å². The average molecular weight is 348 g/mol. The quantitative estimate of drug-likeness (QED) is 0.531. The molecule has 3 rings (SSSR count). The molecule has 0 fully saturated rings. The number of rotatable bonds is 6. The summed E-state index contributed by atoms with van der Waals surface area (Å²) < 4.78 is 1.86. The lowest BCUT2D eigenvalue weighted by atomic mass is 10.2. The first-order valence-corrected chi connectivity index (χ1v) is 8.79. The highest BCUT2D eigenvalue weighted by atomic mass is 15.3. The second-order valence-corrected chi connectivity index (χ2v) is 5.90. The number of aliphatic imine (C=N–C) groups is 1. The molecule has 3 aromatic rings. The van der Waals surface area contributed by atoms with Gasteiger partial charge in [-0.3, -0.25) is 4.98 Å². The number of aryl methyl sites for hydroxylation is 1. The van der Waals surface area contributed by atoms with Crippen LogP contribution in [0.25, 0.3) is 5.69 Å². The molecule has 2 heterocycles. The van der Waals surface area contributed by atoms with Crippen LogP contribution < -0.4 is 10.6 Å². The van der Waals surface area contributed by atoms with E-state index in [2.05, 4.69) is 38.7 Å². The molecule has 0 aliphatic rings. The van der Waals surface area contributed by atoms with E-state index in [4.69, 9.17) is 0 Å². The third-order valence-electron chi connectivity index (χ3n) is 3.95. The lowest BCUT2D eigenvalue weighted by Crippen LogP contribution is -2.37. The molecule has 0 atom stereocenters. The summed E-state index contributed by atoms with van der Waals surface area (Å²) in [7, 11) is 0. The van der Waals surface area contributed by atoms with Gasteiger partial charge in [0.05, 0.1) is 30.2 Å². The standard InChI is InChI=1S/C20H24N6/c1-3-21-20(24-15-19-16(2)8-7-12-22-19)23-14-17-11-13-26(25-17)18-9-5-4-6-10-18/h4-13H,3,14-15H2,1-2H3,(H2,21,23,24). The van der Waals surface area contributed by atoms with E-state index in [1.807, 2.05) is 66.5 Å². The lowest BCUT2D eigenvalue weighted by molar-refractivity contribution is 0.784. The van der Waals surface area contributed by atoms with Gasteiger partial charge in [0.15, 0.2) is 5.96 Å². The van der Waals surface area contributed by atoms with E-state index in [1.165, 1.54) is 0 Å². The van der Waals surface area contributed by atoms with Crippen molar-refractivity contribution in [2.45, 2.75) is 26.9 Å². The number of hydrogen-bond acceptors (Lipinski definition) is 3. The zero-order chi connectivity index (χ0) is 18.2. The van der Waals surface area contributed by atoms with Crippen molar-refractivity contribution >= 4 is 5.96 Å². The van der Waals surface area contributed by atoms with E-state index < -0.39 is 0 Å². The summed E-state index contributed by atoms with van der Waals surface area (Å²) in [5, 5.41) is 11.2. The van der Waals surface area contributed by atoms with Crippen LogP contribution in [-0.2, 0) is 13.1 Å². The molecular formula is C20H24N6. The molecule has 2 aromatic heterocycles. The first-order valence-electron chi connectivity index (χ1n) is 8.79. The fourth-order valence-corrected chi connectivity index (χ4v) is 2.54. The van der Waals surface area contributed by atoms with Crippen molar-refractivity contribution in [2.75, 3.05) is 6.54 Å². The Bertz CT molecular complexity index is 854. The van der Waals surface area contributed by atoms with Gasteiger partial charge in [-0.1, -0.05) is 24.3 Å². The van der Waals surface area contributed by atoms with Crippen LogP contribution in [0.1, 0.15) is 23.9 Å². The van der Waals surface area contributed by atoms with Crippen molar-refractivity contribution < 1.29 is 0 Å². The van der Waals surface area contributed by atoms with Gasteiger partial charge < -0.3 is 10.6 Å². The van der Waals surface area contributed by atoms with Crippen molar-refractivity contribution in [3.05, 3.63) is 77.9 Å². The van der Waals surface area contributed by atoms with Crippen molar-refractivity contribution in [2.24, 2.45) is 4.99 Å². The number of para-hydroxylation sites is 1. The average Bonchev–Trinajstić information content (AvgIpc) is 3.15. The molecule has 2 N–H and O–H groups in total. The normalized spacial score (nSPS) is 11.4. The molecule has 0 saturated heterocycles. The predicted molar refractivity (Wildman–Crippen MR) is 104 cm³/mol. The molecule has 0 amide bonds. The second-order valence-electron chi connectivity index (χ2n) is 5.90. The molecule has 1 aromatic carbocycles. The molecule has 134 valence electrons. The largest absolute Gasteiger partial charge is 0.357 e. The van der Waals surface area contributed by atoms with Crippen molar-refractivity contribution in [1.29, 1.82) is 0 Å². The van der Waals surface area contributed by atoms with Crippen LogP contribution >= 0.6 is 0 Å². The van der Waals surface area contributed by atoms with E-state index in [0.29, 0.717) is 13.1 Å². The molecule has 6 heteroatoms. The monoisotopic (exact) mass is 348 g/mol. The molecule has 0 unspecified atom stereocenters. The number of hydrogen-bond donors (Lipinski definition) is 2. The van der Waals surface area contributed by atoms with Gasteiger partial charge in [0.2, 0.25) is 0 Å². The molecular weight excluding hydrogens is 324 g/mol. The van der Waals surface area contributed by atoms with Gasteiger partial charge in [-0.15, -0.1) is 0 Å². The third-order valence-corrected chi connectivity index (χ3v) is 3.95. The SMILES string of the molecule is CCNC(=NCc1ccn(-c2ccccc2)n1)NCc1ncccc1C. The summed E-state index contributed by atoms with van der Waals surface area (Å²) in [6, 6.07) is 16.1. The Hall–Kier alpha value is -3.15. The van der Waals surface area contributed by atoms with Crippen LogP contribution in [0.15, 0.2) is 65.9 Å². The van der Waals surface area contributed by atoms with Crippen molar-refractivity contribution in [1.82, 2.24) is 25.4 Å². The van der Waals surface area contributed by atoms with E-state index in [9.17, 15) is 0 Å². The van der Waals surface area contributed by atoms with Crippen LogP contribution in [0.5, 0.6) is 0 Å². The van der Waals surface area contributed by atoms with E-state index in [0.717, 1.165) is 35.1 Å². The predicted octanol–water partition coefficient (Wildman–Crippen LogP) is 2.83. The highest BCUT2D eigenvalue weighted by Crippen LogP contribution is 2.07. The van der Waals surface area contributed by atoms with Crippen LogP contribution in [-0.4, -0.2) is 27.3 Å². The Morgan fingerprint density at radius 2 is 1.92 bits per heavy atom. The Balaban J connectivity index is 1.64. The van der Waals surface area contributed by atoms with E-state index in [1.54, 1.807) is 0 Å². The lowest BCUT2D eigenvalue weighted by Gasteiger charge is -2.11. The number of guanidine groups is 1. The molecule has 0 saturated carbocycles. The summed E-state index contributed by atoms with van der Waals surface area (Å²) in [5.74, 6) is 0.756. The zero-order valence-electron chi connectivity index (χ0n) is 15.2. The molecule has 0 spiro atoms. The maximum absolute atomic E-state index is 4.63. The number of aromatic nitrogens is 3. The van der Waals surface area contributed by atoms with Crippen LogP contribution in [0.4, 0.5) is 0 Å². The van der Waals surface area contributed by atoms with E-state index >= 15 is 0 Å². The maximum Gasteiger partial charge on any atom is 0.191 e. The number of nitrogens with zero attached hydrogens (tertiary/aromatic N) is 4. The summed E-state index contributed by atoms with van der Waals surface area (Å²) in [6.07, 6.45) is 3.77. The topological polar surface area (TPSA) is 67.1 Å². The highest BCUT2D eigenvalue weighted by molar-refractivity contribution is 5.79. The minimum absolute atomic E-state index is 0.510. The minimum Gasteiger partial charge on any atom is -0.357 e. The minimum atomic E-state index is 0.510. The van der Waals surface area contributed by atoms with Crippen molar-refractivity contribution in [3.8, 4) is 5.69 Å². The highest BCUT2D eigenvalue weighted by Gasteiger charge is 2.04. The molecule has 0 radical (unpaired) electrons. The summed E-state index contributed by atoms with van der Waals surface area (Å²) >= 11 is 0. The molecule has 6 nitrogen and oxygen atoms in total. The number of pyridine rings is 1. The Kier molecular flexibility index (Phi) is 5.98. The van der Waals surface area contributed by atoms with Gasteiger partial charge in [0.1, 0.15) is 0 Å². The van der Waals surface area contributed by atoms with Crippen molar-refractivity contribution in [3.63, 3.8) is 0 Å². The third kappa shape index (κ3) is 4.69. The Morgan fingerprint density at radius 3 is 2.69 bits per heavy atom. The number of nitrogens with one attached hydrogen (secondary N) is 2. The first kappa shape index (κ1) is 17.7. The zero-order valence-corrected chi connectivity index (χ0v) is 15.2. The Labute approximate surface area is 154 Å². The van der Waals surface area contributed by atoms with Crippen LogP contribution in [0, 0.1) is 6.92 Å². The fraction of sp³-hybridized carbons (Fsp3) is 0.250. The second kappa shape index (κ2) is 8.80. The van der Waals surface area contributed by atoms with Gasteiger partial charge in [0.25, 0.3) is 0 Å². The van der Waals surface area contributed by atoms with Crippen LogP contribution in [0.2, 0.25) is 0 Å². The summed E-state index contributed by atoms with van der Waals surface area (Å²) in [4.78, 5) is 9.03. The van der Waals surface area contributed by atoms with Gasteiger partial charge in [-0.25, -0.2) is 9.67 Å². The smallest absolute Gasteiger partial charge is 0.191 e. The molecule has 26 heavy (non-hydrogen) atoms. The van der Waals surface area contributed by atoms with Crippen LogP contribution in [0.3, 0.4) is 0 Å². The van der Waals surface area contributed by atoms with Gasteiger partial charge >= 0.3 is 0 Å². The summed E-state index contributed by atoms with van der Waals surface area (Å²) in [6.45, 7) is 6.05. The first-order chi connectivity index (χ1) is 12.8. The molecule has 0 aliphatic heterocycles. The van der Waals surface area contributed by atoms with E-state index in [-0.39, 0.29) is 0 Å². The summed E-state index contributed by atoms with van der Waals surface area (Å²) in [5.41, 5.74) is 4.14. The number of benzene rings is 1. The maximum atomic E-state index is 4.63. The molecule has 0 aliphatic carbocycles. The fourth-order valence-electron chi connectivity index (χ4n) is 2.54. The van der Waals surface area contributed by atoms with Gasteiger partial charge in [-0.2, -0.15) is 5.10 Å². The van der Waals surface area contributed by atoms with Gasteiger partial charge in [-0.05, 0) is 43.7 Å².